The maximum atomic E-state index is 16.7. The smallest absolute Gasteiger partial charge is 0.164 e. The molecule has 4 fully saturated rings. The third-order valence-electron chi connectivity index (χ3n) is 18.2. The van der Waals surface area contributed by atoms with E-state index in [0.29, 0.717) is 53.5 Å². The lowest BCUT2D eigenvalue weighted by Gasteiger charge is -2.43. The van der Waals surface area contributed by atoms with Crippen molar-refractivity contribution in [3.8, 4) is 11.1 Å². The van der Waals surface area contributed by atoms with Gasteiger partial charge in [-0.05, 0) is 167 Å². The van der Waals surface area contributed by atoms with Crippen molar-refractivity contribution in [3.63, 3.8) is 0 Å². The predicted octanol–water partition coefficient (Wildman–Crippen LogP) is 12.6. The molecule has 11 heteroatoms. The van der Waals surface area contributed by atoms with Crippen LogP contribution in [0.4, 0.5) is 14.6 Å². The lowest BCUT2D eigenvalue weighted by atomic mass is 9.70. The number of fused-ring (bicyclic) bond motifs is 2. The summed E-state index contributed by atoms with van der Waals surface area (Å²) < 4.78 is 34.8. The molecule has 3 atom stereocenters. The molecule has 0 spiro atoms. The summed E-state index contributed by atoms with van der Waals surface area (Å²) in [5.74, 6) is 2.83. The quantitative estimate of drug-likeness (QED) is 0.102. The van der Waals surface area contributed by atoms with Gasteiger partial charge in [0, 0.05) is 84.1 Å². The molecule has 3 aliphatic heterocycles. The molecule has 4 N–H and O–H groups in total. The number of likely N-dealkylation sites (tertiary alicyclic amines) is 2. The molecular weight excluding hydrogens is 918 g/mol. The number of nitrogens with zero attached hydrogens (tertiary/aromatic N) is 5. The molecule has 5 aliphatic rings. The van der Waals surface area contributed by atoms with E-state index >= 15 is 8.78 Å². The van der Waals surface area contributed by atoms with Crippen LogP contribution in [0.5, 0.6) is 0 Å². The number of nitrogens with two attached hydrogens (primary N) is 1. The van der Waals surface area contributed by atoms with Gasteiger partial charge in [0.15, 0.2) is 5.82 Å². The zero-order valence-corrected chi connectivity index (χ0v) is 44.1. The van der Waals surface area contributed by atoms with Crippen molar-refractivity contribution < 1.29 is 8.78 Å². The van der Waals surface area contributed by atoms with E-state index in [0.717, 1.165) is 73.2 Å². The first kappa shape index (κ1) is 50.5. The largest absolute Gasteiger partial charge is 0.399 e. The lowest BCUT2D eigenvalue weighted by Crippen LogP contribution is -2.49. The van der Waals surface area contributed by atoms with Gasteiger partial charge in [-0.1, -0.05) is 100 Å². The Kier molecular flexibility index (Phi) is 14.8. The van der Waals surface area contributed by atoms with E-state index in [1.807, 2.05) is 23.7 Å². The molecule has 1 aromatic heterocycles. The van der Waals surface area contributed by atoms with Crippen molar-refractivity contribution in [3.05, 3.63) is 148 Å². The first-order chi connectivity index (χ1) is 34.7. The molecule has 2 aliphatic carbocycles. The van der Waals surface area contributed by atoms with Gasteiger partial charge in [0.25, 0.3) is 0 Å². The van der Waals surface area contributed by atoms with Crippen LogP contribution in [-0.2, 0) is 25.3 Å². The Hall–Kier alpha value is -5.00. The topological polar surface area (TPSA) is 77.6 Å². The number of hydrogen-bond acceptors (Lipinski definition) is 7. The molecule has 0 bridgehead atoms. The summed E-state index contributed by atoms with van der Waals surface area (Å²) in [4.78, 5) is 7.73. The van der Waals surface area contributed by atoms with Crippen LogP contribution in [0, 0.1) is 23.5 Å². The van der Waals surface area contributed by atoms with Crippen molar-refractivity contribution in [1.29, 1.82) is 0 Å². The van der Waals surface area contributed by atoms with E-state index in [2.05, 4.69) is 108 Å². The Morgan fingerprint density at radius 1 is 0.931 bits per heavy atom. The minimum atomic E-state index is -0.534. The van der Waals surface area contributed by atoms with Crippen LogP contribution < -0.4 is 21.3 Å². The monoisotopic (exact) mass is 995 g/mol. The highest BCUT2D eigenvalue weighted by molar-refractivity contribution is 6.34. The maximum absolute atomic E-state index is 16.7. The summed E-state index contributed by atoms with van der Waals surface area (Å²) in [5.41, 5.74) is 14.5. The average Bonchev–Trinajstić information content (AvgIpc) is 3.86. The van der Waals surface area contributed by atoms with E-state index in [9.17, 15) is 0 Å². The number of halogens is 3. The molecule has 5 aromatic rings. The van der Waals surface area contributed by atoms with Crippen LogP contribution in [-0.4, -0.2) is 77.5 Å². The molecule has 10 rings (SSSR count). The number of hydrogen-bond donors (Lipinski definition) is 3. The molecule has 1 saturated carbocycles. The Morgan fingerprint density at radius 3 is 2.36 bits per heavy atom. The van der Waals surface area contributed by atoms with E-state index in [-0.39, 0.29) is 22.2 Å². The number of aryl methyl sites for hydroxylation is 2. The van der Waals surface area contributed by atoms with Gasteiger partial charge in [-0.15, -0.1) is 0 Å². The first-order valence-corrected chi connectivity index (χ1v) is 27.5. The summed E-state index contributed by atoms with van der Waals surface area (Å²) in [6.07, 6.45) is 12.5. The molecule has 382 valence electrons. The summed E-state index contributed by atoms with van der Waals surface area (Å²) >= 11 is 6.95. The second-order valence-electron chi connectivity index (χ2n) is 22.4. The minimum Gasteiger partial charge on any atom is -0.399 e. The fourth-order valence-corrected chi connectivity index (χ4v) is 14.1. The molecule has 3 unspecified atom stereocenters. The second kappa shape index (κ2) is 21.1. The van der Waals surface area contributed by atoms with Gasteiger partial charge < -0.3 is 31.1 Å². The highest BCUT2D eigenvalue weighted by atomic mass is 35.5. The standard InChI is InChI=1S/C61H77ClF2N8/c1-8-12-46-17-21-51(40(4)65)56(59(46)64)57-55-39(3)61(49-13-10-9-11-14-49,35-48(55)33-53(63)58(57)62)37-66-50-19-15-44(16-20-50)41(5)71-30-24-43(25-31-71)36-70-28-26-45(27-29-70)47-18-22-52-54(34-47)69(7)68-60(52)72-32-23-38(2)67-42(72)6/h9-11,13-14,17-18,21-22,33-34,39,41,43-45,50,66-67H,2,4,6,8,12,15-16,19-20,23-32,35-37,65H2,1,3,5,7H3. The fraction of sp³-hybridized carbons (Fsp3) is 0.492. The van der Waals surface area contributed by atoms with Crippen molar-refractivity contribution >= 4 is 34.0 Å². The summed E-state index contributed by atoms with van der Waals surface area (Å²) in [7, 11) is 2.06. The number of aromatic nitrogens is 2. The van der Waals surface area contributed by atoms with Crippen molar-refractivity contribution in [2.45, 2.75) is 127 Å². The number of anilines is 1. The zero-order chi connectivity index (χ0) is 50.4. The summed E-state index contributed by atoms with van der Waals surface area (Å²) in [5, 5.41) is 13.4. The van der Waals surface area contributed by atoms with Crippen LogP contribution in [0.15, 0.2) is 98.0 Å². The van der Waals surface area contributed by atoms with Crippen molar-refractivity contribution in [2.24, 2.45) is 24.6 Å². The second-order valence-corrected chi connectivity index (χ2v) is 22.7. The van der Waals surface area contributed by atoms with Crippen LogP contribution >= 0.6 is 11.6 Å². The van der Waals surface area contributed by atoms with Crippen LogP contribution in [0.3, 0.4) is 0 Å². The third kappa shape index (κ3) is 9.66. The van der Waals surface area contributed by atoms with E-state index in [1.54, 1.807) is 12.1 Å². The normalized spacial score (nSPS) is 24.2. The van der Waals surface area contributed by atoms with Crippen LogP contribution in [0.25, 0.3) is 27.7 Å². The molecule has 72 heavy (non-hydrogen) atoms. The van der Waals surface area contributed by atoms with Gasteiger partial charge in [0.05, 0.1) is 10.5 Å². The number of piperidine rings is 2. The van der Waals surface area contributed by atoms with E-state index in [4.69, 9.17) is 22.4 Å². The zero-order valence-electron chi connectivity index (χ0n) is 43.3. The number of benzene rings is 4. The van der Waals surface area contributed by atoms with Crippen LogP contribution in [0.2, 0.25) is 5.02 Å². The van der Waals surface area contributed by atoms with Gasteiger partial charge in [-0.3, -0.25) is 4.68 Å². The van der Waals surface area contributed by atoms with Gasteiger partial charge in [-0.2, -0.15) is 5.10 Å². The third-order valence-corrected chi connectivity index (χ3v) is 18.5. The molecule has 4 aromatic carbocycles. The number of rotatable bonds is 14. The van der Waals surface area contributed by atoms with Gasteiger partial charge in [-0.25, -0.2) is 8.78 Å². The minimum absolute atomic E-state index is 0.0583. The van der Waals surface area contributed by atoms with Crippen LogP contribution in [0.1, 0.15) is 130 Å². The lowest BCUT2D eigenvalue weighted by molar-refractivity contribution is 0.0700. The molecular formula is C61H77ClF2N8. The fourth-order valence-electron chi connectivity index (χ4n) is 13.8. The Morgan fingerprint density at radius 2 is 1.67 bits per heavy atom. The highest BCUT2D eigenvalue weighted by Crippen LogP contribution is 2.55. The van der Waals surface area contributed by atoms with Gasteiger partial charge >= 0.3 is 0 Å². The summed E-state index contributed by atoms with van der Waals surface area (Å²) in [6.45, 7) is 26.6. The Bertz CT molecular complexity index is 2820. The van der Waals surface area contributed by atoms with Crippen molar-refractivity contribution in [1.82, 2.24) is 30.2 Å². The average molecular weight is 996 g/mol. The molecule has 0 amide bonds. The Balaban J connectivity index is 0.728. The molecule has 4 heterocycles. The van der Waals surface area contributed by atoms with E-state index < -0.39 is 17.0 Å². The van der Waals surface area contributed by atoms with Gasteiger partial charge in [0.2, 0.25) is 0 Å². The predicted molar refractivity (Wildman–Crippen MR) is 294 cm³/mol. The molecule has 0 radical (unpaired) electrons. The summed E-state index contributed by atoms with van der Waals surface area (Å²) in [6, 6.07) is 23.8. The van der Waals surface area contributed by atoms with E-state index in [1.165, 1.54) is 93.3 Å². The maximum Gasteiger partial charge on any atom is 0.164 e. The SMILES string of the molecule is C=C1CCN(c2nn(C)c3cc(C4CCN(CC5CCN(C(C)C6CCC(NCC7(c8ccccc8)Cc8cc(F)c(Cl)c(-c9c(C(=C)N)ccc(CCC)c9F)c8C7C)CC6)CC5)CC4)ccc23)C(=C)N1. The highest BCUT2D eigenvalue weighted by Gasteiger charge is 2.48. The molecule has 8 nitrogen and oxygen atoms in total. The Labute approximate surface area is 432 Å². The van der Waals surface area contributed by atoms with Gasteiger partial charge in [0.1, 0.15) is 17.5 Å². The first-order valence-electron chi connectivity index (χ1n) is 27.1. The molecule has 3 saturated heterocycles. The van der Waals surface area contributed by atoms with Crippen molar-refractivity contribution in [2.75, 3.05) is 50.7 Å². The number of nitrogens with one attached hydrogen (secondary N) is 2.